The smallest absolute Gasteiger partial charge is 0.0726 e. The highest BCUT2D eigenvalue weighted by molar-refractivity contribution is 5.95. The molecule has 0 atom stereocenters. The molecule has 3 rings (SSSR count). The van der Waals surface area contributed by atoms with E-state index in [0.717, 1.165) is 34.3 Å². The maximum absolute atomic E-state index is 6.24. The van der Waals surface area contributed by atoms with Crippen LogP contribution in [0.4, 0.5) is 5.69 Å². The number of hydrogen-bond acceptors (Lipinski definition) is 2. The lowest BCUT2D eigenvalue weighted by Gasteiger charge is -2.26. The number of halogens is 1. The number of hydrogen-bond donors (Lipinski definition) is 1. The first kappa shape index (κ1) is 12.9. The summed E-state index contributed by atoms with van der Waals surface area (Å²) in [5.74, 6) is 0. The van der Waals surface area contributed by atoms with Crippen molar-refractivity contribution in [3.05, 3.63) is 41.6 Å². The van der Waals surface area contributed by atoms with Gasteiger partial charge in [0.05, 0.1) is 16.9 Å². The van der Waals surface area contributed by atoms with Crippen LogP contribution in [-0.4, -0.2) is 4.98 Å². The molecule has 94 valence electrons. The van der Waals surface area contributed by atoms with E-state index in [1.807, 2.05) is 24.3 Å². The summed E-state index contributed by atoms with van der Waals surface area (Å²) >= 11 is 0. The molecule has 2 nitrogen and oxygen atoms in total. The number of rotatable bonds is 0. The van der Waals surface area contributed by atoms with E-state index in [0.29, 0.717) is 0 Å². The second-order valence-corrected chi connectivity index (χ2v) is 5.40. The maximum Gasteiger partial charge on any atom is 0.0726 e. The number of allylic oxidation sites excluding steroid dienone is 1. The highest BCUT2D eigenvalue weighted by Crippen LogP contribution is 2.36. The van der Waals surface area contributed by atoms with Gasteiger partial charge in [-0.25, -0.2) is 0 Å². The zero-order valence-corrected chi connectivity index (χ0v) is 11.4. The molecule has 2 N–H and O–H groups in total. The van der Waals surface area contributed by atoms with Crippen molar-refractivity contribution >= 4 is 35.1 Å². The minimum absolute atomic E-state index is 0. The van der Waals surface area contributed by atoms with Crippen LogP contribution in [0.25, 0.3) is 17.0 Å². The van der Waals surface area contributed by atoms with E-state index < -0.39 is 0 Å². The molecule has 0 saturated heterocycles. The molecule has 0 spiro atoms. The summed E-state index contributed by atoms with van der Waals surface area (Å²) in [6, 6.07) is 8.07. The maximum atomic E-state index is 6.24. The van der Waals surface area contributed by atoms with Gasteiger partial charge in [0.25, 0.3) is 0 Å². The summed E-state index contributed by atoms with van der Waals surface area (Å²) in [6.07, 6.45) is 5.30. The quantitative estimate of drug-likeness (QED) is 0.782. The number of para-hydroxylation sites is 1. The van der Waals surface area contributed by atoms with Gasteiger partial charge in [-0.2, -0.15) is 0 Å². The van der Waals surface area contributed by atoms with Crippen LogP contribution in [0.3, 0.4) is 0 Å². The summed E-state index contributed by atoms with van der Waals surface area (Å²) in [6.45, 7) is 4.44. The van der Waals surface area contributed by atoms with Gasteiger partial charge < -0.3 is 5.73 Å². The van der Waals surface area contributed by atoms with Crippen molar-refractivity contribution in [3.8, 4) is 0 Å². The number of aromatic nitrogens is 1. The lowest BCUT2D eigenvalue weighted by molar-refractivity contribution is 0.469. The van der Waals surface area contributed by atoms with Crippen molar-refractivity contribution < 1.29 is 0 Å². The first-order valence-electron chi connectivity index (χ1n) is 5.93. The third-order valence-corrected chi connectivity index (χ3v) is 3.37. The molecule has 1 aliphatic carbocycles. The van der Waals surface area contributed by atoms with Crippen molar-refractivity contribution in [2.45, 2.75) is 20.3 Å². The molecule has 2 aromatic rings. The molecule has 1 heterocycles. The second kappa shape index (κ2) is 4.29. The SMILES string of the molecule is CC1(C)C=Cc2c(nc3ccccc3c2N)C1.Cl. The molecule has 18 heavy (non-hydrogen) atoms. The molecule has 0 saturated carbocycles. The normalized spacial score (nSPS) is 16.1. The van der Waals surface area contributed by atoms with Gasteiger partial charge in [-0.3, -0.25) is 4.98 Å². The Labute approximate surface area is 113 Å². The Morgan fingerprint density at radius 2 is 1.94 bits per heavy atom. The Bertz CT molecular complexity index is 630. The highest BCUT2D eigenvalue weighted by atomic mass is 35.5. The molecule has 0 aliphatic heterocycles. The van der Waals surface area contributed by atoms with Crippen molar-refractivity contribution in [1.82, 2.24) is 4.98 Å². The number of nitrogen functional groups attached to an aromatic ring is 1. The van der Waals surface area contributed by atoms with Gasteiger partial charge in [-0.15, -0.1) is 12.4 Å². The van der Waals surface area contributed by atoms with Crippen LogP contribution in [-0.2, 0) is 6.42 Å². The Kier molecular flexibility index (Phi) is 3.07. The average molecular weight is 261 g/mol. The van der Waals surface area contributed by atoms with Crippen LogP contribution in [0.1, 0.15) is 25.1 Å². The molecule has 1 aliphatic rings. The molecular weight excluding hydrogens is 244 g/mol. The van der Waals surface area contributed by atoms with Crippen LogP contribution in [0.5, 0.6) is 0 Å². The predicted molar refractivity (Wildman–Crippen MR) is 79.9 cm³/mol. The van der Waals surface area contributed by atoms with Gasteiger partial charge in [-0.05, 0) is 17.9 Å². The van der Waals surface area contributed by atoms with Crippen LogP contribution < -0.4 is 5.73 Å². The minimum atomic E-state index is 0. The largest absolute Gasteiger partial charge is 0.398 e. The van der Waals surface area contributed by atoms with E-state index in [1.165, 1.54) is 0 Å². The van der Waals surface area contributed by atoms with Gasteiger partial charge in [0.1, 0.15) is 0 Å². The number of nitrogens with two attached hydrogens (primary N) is 1. The summed E-state index contributed by atoms with van der Waals surface area (Å²) in [5.41, 5.74) is 10.5. The lowest BCUT2D eigenvalue weighted by Crippen LogP contribution is -2.18. The third-order valence-electron chi connectivity index (χ3n) is 3.37. The van der Waals surface area contributed by atoms with E-state index in [1.54, 1.807) is 0 Å². The lowest BCUT2D eigenvalue weighted by atomic mass is 9.81. The zero-order chi connectivity index (χ0) is 12.0. The molecule has 1 aromatic carbocycles. The second-order valence-electron chi connectivity index (χ2n) is 5.40. The van der Waals surface area contributed by atoms with Gasteiger partial charge in [-0.1, -0.05) is 44.2 Å². The van der Waals surface area contributed by atoms with Crippen LogP contribution >= 0.6 is 12.4 Å². The minimum Gasteiger partial charge on any atom is -0.398 e. The standard InChI is InChI=1S/C15H16N2.ClH/c1-15(2)8-7-11-13(9-15)17-12-6-4-3-5-10(12)14(11)16;/h3-8H,9H2,1-2H3,(H2,16,17);1H. The number of nitrogens with zero attached hydrogens (tertiary/aromatic N) is 1. The van der Waals surface area contributed by atoms with E-state index in [2.05, 4.69) is 26.0 Å². The third kappa shape index (κ3) is 1.97. The highest BCUT2D eigenvalue weighted by Gasteiger charge is 2.23. The predicted octanol–water partition coefficient (Wildman–Crippen LogP) is 3.83. The molecule has 0 fully saturated rings. The van der Waals surface area contributed by atoms with Crippen molar-refractivity contribution in [1.29, 1.82) is 0 Å². The molecule has 0 amide bonds. The first-order chi connectivity index (χ1) is 8.07. The number of benzene rings is 1. The van der Waals surface area contributed by atoms with Crippen LogP contribution in [0.15, 0.2) is 30.3 Å². The number of anilines is 1. The monoisotopic (exact) mass is 260 g/mol. The molecule has 1 aromatic heterocycles. The Morgan fingerprint density at radius 1 is 1.22 bits per heavy atom. The Hall–Kier alpha value is -1.54. The first-order valence-corrected chi connectivity index (χ1v) is 5.93. The molecule has 0 unspecified atom stereocenters. The van der Waals surface area contributed by atoms with E-state index in [-0.39, 0.29) is 17.8 Å². The summed E-state index contributed by atoms with van der Waals surface area (Å²) in [5, 5.41) is 1.05. The van der Waals surface area contributed by atoms with Crippen LogP contribution in [0, 0.1) is 5.41 Å². The topological polar surface area (TPSA) is 38.9 Å². The fourth-order valence-corrected chi connectivity index (χ4v) is 2.43. The van der Waals surface area contributed by atoms with Gasteiger partial charge in [0.15, 0.2) is 0 Å². The summed E-state index contributed by atoms with van der Waals surface area (Å²) < 4.78 is 0. The fourth-order valence-electron chi connectivity index (χ4n) is 2.43. The number of pyridine rings is 1. The van der Waals surface area contributed by atoms with Crippen molar-refractivity contribution in [2.75, 3.05) is 5.73 Å². The molecule has 3 heteroatoms. The molecule has 0 bridgehead atoms. The summed E-state index contributed by atoms with van der Waals surface area (Å²) in [7, 11) is 0. The Balaban J connectivity index is 0.00000120. The van der Waals surface area contributed by atoms with Gasteiger partial charge in [0.2, 0.25) is 0 Å². The van der Waals surface area contributed by atoms with Gasteiger partial charge >= 0.3 is 0 Å². The fraction of sp³-hybridized carbons (Fsp3) is 0.267. The zero-order valence-electron chi connectivity index (χ0n) is 10.6. The average Bonchev–Trinajstić information content (AvgIpc) is 2.27. The summed E-state index contributed by atoms with van der Waals surface area (Å²) in [4.78, 5) is 4.74. The van der Waals surface area contributed by atoms with E-state index in [4.69, 9.17) is 10.7 Å². The number of fused-ring (bicyclic) bond motifs is 2. The van der Waals surface area contributed by atoms with Gasteiger partial charge in [0, 0.05) is 10.9 Å². The van der Waals surface area contributed by atoms with Crippen LogP contribution in [0.2, 0.25) is 0 Å². The molecule has 0 radical (unpaired) electrons. The van der Waals surface area contributed by atoms with E-state index in [9.17, 15) is 0 Å². The molecular formula is C15H17ClN2. The Morgan fingerprint density at radius 3 is 2.72 bits per heavy atom. The van der Waals surface area contributed by atoms with Crippen molar-refractivity contribution in [3.63, 3.8) is 0 Å². The van der Waals surface area contributed by atoms with E-state index >= 15 is 0 Å². The van der Waals surface area contributed by atoms with Crippen molar-refractivity contribution in [2.24, 2.45) is 5.41 Å².